The van der Waals surface area contributed by atoms with Crippen LogP contribution in [0.15, 0.2) is 30.3 Å². The van der Waals surface area contributed by atoms with Gasteiger partial charge in [0.05, 0.1) is 0 Å². The van der Waals surface area contributed by atoms with Crippen LogP contribution in [0.3, 0.4) is 0 Å². The van der Waals surface area contributed by atoms with Crippen LogP contribution in [0.25, 0.3) is 5.57 Å². The number of rotatable bonds is 3. The Kier molecular flexibility index (Phi) is 7.52. The number of benzene rings is 1. The van der Waals surface area contributed by atoms with Crippen molar-refractivity contribution >= 4 is 5.57 Å². The average Bonchev–Trinajstić information content (AvgIpc) is 2.29. The summed E-state index contributed by atoms with van der Waals surface area (Å²) >= 11 is 0. The summed E-state index contributed by atoms with van der Waals surface area (Å²) in [6, 6.07) is 8.61. The standard InChI is InChI=1S/C14H20.H3NO/c1-5-13(10-11(2)3)14-9-7-6-8-12(14)4;1-2/h5-9,11H,10H2,1-4H3;2H,1H2/b13-5-;. The van der Waals surface area contributed by atoms with Crippen molar-refractivity contribution in [3.05, 3.63) is 41.5 Å². The second-order valence-corrected chi connectivity index (χ2v) is 4.23. The van der Waals surface area contributed by atoms with Crippen LogP contribution in [-0.2, 0) is 0 Å². The smallest absolute Gasteiger partial charge is 0.0198 e. The summed E-state index contributed by atoms with van der Waals surface area (Å²) in [7, 11) is 0. The van der Waals surface area contributed by atoms with Crippen molar-refractivity contribution in [2.24, 2.45) is 11.8 Å². The van der Waals surface area contributed by atoms with Gasteiger partial charge in [-0.1, -0.05) is 44.2 Å². The topological polar surface area (TPSA) is 46.2 Å². The van der Waals surface area contributed by atoms with Crippen LogP contribution in [0.5, 0.6) is 0 Å². The highest BCUT2D eigenvalue weighted by Crippen LogP contribution is 2.24. The zero-order valence-electron chi connectivity index (χ0n) is 10.7. The van der Waals surface area contributed by atoms with Gasteiger partial charge < -0.3 is 5.21 Å². The molecule has 0 saturated carbocycles. The first-order chi connectivity index (χ1) is 7.65. The molecule has 1 aromatic rings. The molecule has 0 bridgehead atoms. The normalized spacial score (nSPS) is 11.1. The monoisotopic (exact) mass is 221 g/mol. The Hall–Kier alpha value is -1.12. The van der Waals surface area contributed by atoms with Crippen LogP contribution in [0.1, 0.15) is 38.3 Å². The quantitative estimate of drug-likeness (QED) is 0.763. The third-order valence-electron chi connectivity index (χ3n) is 2.47. The number of hydrogen-bond donors (Lipinski definition) is 2. The van der Waals surface area contributed by atoms with Crippen LogP contribution < -0.4 is 5.90 Å². The number of allylic oxidation sites excluding steroid dienone is 2. The van der Waals surface area contributed by atoms with E-state index in [0.29, 0.717) is 0 Å². The third-order valence-corrected chi connectivity index (χ3v) is 2.47. The van der Waals surface area contributed by atoms with Crippen molar-refractivity contribution in [3.63, 3.8) is 0 Å². The second kappa shape index (κ2) is 8.08. The molecule has 0 aromatic heterocycles. The zero-order chi connectivity index (χ0) is 12.6. The van der Waals surface area contributed by atoms with E-state index < -0.39 is 0 Å². The van der Waals surface area contributed by atoms with Crippen LogP contribution in [-0.4, -0.2) is 5.21 Å². The first-order valence-corrected chi connectivity index (χ1v) is 5.62. The number of aryl methyl sites for hydroxylation is 1. The molecule has 0 amide bonds. The van der Waals surface area contributed by atoms with Crippen LogP contribution in [0, 0.1) is 12.8 Å². The van der Waals surface area contributed by atoms with Crippen molar-refractivity contribution in [3.8, 4) is 0 Å². The number of nitrogens with two attached hydrogens (primary N) is 1. The molecule has 0 radical (unpaired) electrons. The van der Waals surface area contributed by atoms with Gasteiger partial charge >= 0.3 is 0 Å². The van der Waals surface area contributed by atoms with Crippen molar-refractivity contribution < 1.29 is 5.21 Å². The predicted octanol–water partition coefficient (Wildman–Crippen LogP) is 3.78. The van der Waals surface area contributed by atoms with E-state index in [1.54, 1.807) is 0 Å². The van der Waals surface area contributed by atoms with Crippen molar-refractivity contribution in [2.75, 3.05) is 0 Å². The molecule has 0 aliphatic carbocycles. The molecule has 1 aromatic carbocycles. The first-order valence-electron chi connectivity index (χ1n) is 5.62. The summed E-state index contributed by atoms with van der Waals surface area (Å²) in [5.41, 5.74) is 4.25. The molecule has 0 aliphatic heterocycles. The maximum absolute atomic E-state index is 6.50. The van der Waals surface area contributed by atoms with Crippen molar-refractivity contribution in [1.29, 1.82) is 0 Å². The van der Waals surface area contributed by atoms with Gasteiger partial charge in [-0.25, -0.2) is 5.90 Å². The van der Waals surface area contributed by atoms with E-state index in [0.717, 1.165) is 5.92 Å². The van der Waals surface area contributed by atoms with Gasteiger partial charge in [-0.05, 0) is 42.9 Å². The molecule has 16 heavy (non-hydrogen) atoms. The number of hydrogen-bond acceptors (Lipinski definition) is 2. The molecule has 2 nitrogen and oxygen atoms in total. The summed E-state index contributed by atoms with van der Waals surface area (Å²) in [6.45, 7) is 8.84. The molecule has 0 atom stereocenters. The van der Waals surface area contributed by atoms with E-state index in [2.05, 4.69) is 63.9 Å². The van der Waals surface area contributed by atoms with Gasteiger partial charge in [0.1, 0.15) is 0 Å². The van der Waals surface area contributed by atoms with E-state index in [-0.39, 0.29) is 0 Å². The average molecular weight is 221 g/mol. The molecular formula is C14H23NO. The molecule has 0 unspecified atom stereocenters. The van der Waals surface area contributed by atoms with Gasteiger partial charge in [0.15, 0.2) is 0 Å². The first kappa shape index (κ1) is 14.9. The van der Waals surface area contributed by atoms with E-state index in [1.807, 2.05) is 0 Å². The molecule has 90 valence electrons. The lowest BCUT2D eigenvalue weighted by Crippen LogP contribution is -1.93. The van der Waals surface area contributed by atoms with E-state index in [4.69, 9.17) is 5.21 Å². The molecule has 0 fully saturated rings. The Morgan fingerprint density at radius 2 is 1.88 bits per heavy atom. The molecule has 0 saturated heterocycles. The largest absolute Gasteiger partial charge is 0.320 e. The molecular weight excluding hydrogens is 198 g/mol. The molecule has 3 N–H and O–H groups in total. The summed E-state index contributed by atoms with van der Waals surface area (Å²) in [6.07, 6.45) is 3.41. The highest BCUT2D eigenvalue weighted by molar-refractivity contribution is 5.67. The summed E-state index contributed by atoms with van der Waals surface area (Å²) in [5.74, 6) is 4.22. The maximum atomic E-state index is 6.50. The predicted molar refractivity (Wildman–Crippen MR) is 70.3 cm³/mol. The highest BCUT2D eigenvalue weighted by atomic mass is 16.4. The molecule has 0 aliphatic rings. The van der Waals surface area contributed by atoms with Crippen LogP contribution in [0.4, 0.5) is 0 Å². The highest BCUT2D eigenvalue weighted by Gasteiger charge is 2.05. The maximum Gasteiger partial charge on any atom is -0.0198 e. The summed E-state index contributed by atoms with van der Waals surface area (Å²) < 4.78 is 0. The van der Waals surface area contributed by atoms with Crippen LogP contribution >= 0.6 is 0 Å². The van der Waals surface area contributed by atoms with Gasteiger partial charge in [0.2, 0.25) is 0 Å². The van der Waals surface area contributed by atoms with Gasteiger partial charge in [-0.2, -0.15) is 0 Å². The fraction of sp³-hybridized carbons (Fsp3) is 0.429. The minimum atomic E-state index is 0.723. The van der Waals surface area contributed by atoms with Gasteiger partial charge in [0.25, 0.3) is 0 Å². The minimum absolute atomic E-state index is 0.723. The van der Waals surface area contributed by atoms with Crippen molar-refractivity contribution in [1.82, 2.24) is 0 Å². The van der Waals surface area contributed by atoms with E-state index in [1.165, 1.54) is 23.1 Å². The summed E-state index contributed by atoms with van der Waals surface area (Å²) in [5, 5.41) is 6.50. The van der Waals surface area contributed by atoms with Crippen LogP contribution in [0.2, 0.25) is 0 Å². The summed E-state index contributed by atoms with van der Waals surface area (Å²) in [4.78, 5) is 0. The zero-order valence-corrected chi connectivity index (χ0v) is 10.7. The van der Waals surface area contributed by atoms with Gasteiger partial charge in [-0.3, -0.25) is 0 Å². The molecule has 1 rings (SSSR count). The van der Waals surface area contributed by atoms with E-state index in [9.17, 15) is 0 Å². The van der Waals surface area contributed by atoms with E-state index >= 15 is 0 Å². The lowest BCUT2D eigenvalue weighted by Gasteiger charge is -2.12. The molecule has 2 heteroatoms. The van der Waals surface area contributed by atoms with Gasteiger partial charge in [0, 0.05) is 0 Å². The Morgan fingerprint density at radius 3 is 2.31 bits per heavy atom. The lowest BCUT2D eigenvalue weighted by molar-refractivity contribution is 0.311. The fourth-order valence-corrected chi connectivity index (χ4v) is 1.76. The second-order valence-electron chi connectivity index (χ2n) is 4.23. The Balaban J connectivity index is 0.00000106. The Labute approximate surface area is 98.8 Å². The van der Waals surface area contributed by atoms with Gasteiger partial charge in [-0.15, -0.1) is 0 Å². The lowest BCUT2D eigenvalue weighted by atomic mass is 9.93. The SMILES string of the molecule is C/C=C(/CC(C)C)c1ccccc1C.NO. The molecule has 0 spiro atoms. The molecule has 0 heterocycles. The minimum Gasteiger partial charge on any atom is -0.320 e. The third kappa shape index (κ3) is 4.60. The Bertz CT molecular complexity index is 329. The fourth-order valence-electron chi connectivity index (χ4n) is 1.76. The Morgan fingerprint density at radius 1 is 1.31 bits per heavy atom. The van der Waals surface area contributed by atoms with Crippen molar-refractivity contribution in [2.45, 2.75) is 34.1 Å².